The summed E-state index contributed by atoms with van der Waals surface area (Å²) < 4.78 is 0. The zero-order chi connectivity index (χ0) is 28.1. The molecule has 4 N–H and O–H groups in total. The van der Waals surface area contributed by atoms with Crippen LogP contribution in [0.3, 0.4) is 0 Å². The highest BCUT2D eigenvalue weighted by atomic mass is 16.4. The number of carbonyl (C=O) groups excluding carboxylic acids is 2. The molecule has 3 aromatic rings. The van der Waals surface area contributed by atoms with Crippen molar-refractivity contribution in [1.29, 1.82) is 0 Å². The molecule has 39 heavy (non-hydrogen) atoms. The average Bonchev–Trinajstić information content (AvgIpc) is 3.23. The predicted octanol–water partition coefficient (Wildman–Crippen LogP) is 3.62. The molecule has 9 heteroatoms. The van der Waals surface area contributed by atoms with E-state index in [2.05, 4.69) is 10.6 Å². The lowest BCUT2D eigenvalue weighted by atomic mass is 9.96. The molecule has 0 atom stereocenters. The zero-order valence-corrected chi connectivity index (χ0v) is 22.2. The van der Waals surface area contributed by atoms with Crippen LogP contribution in [0.5, 0.6) is 0 Å². The molecule has 1 aliphatic heterocycles. The maximum absolute atomic E-state index is 13.2. The summed E-state index contributed by atoms with van der Waals surface area (Å²) in [5.41, 5.74) is 4.61. The predicted molar refractivity (Wildman–Crippen MR) is 152 cm³/mol. The molecule has 2 amide bonds. The highest BCUT2D eigenvalue weighted by molar-refractivity contribution is 6.37. The lowest BCUT2D eigenvalue weighted by molar-refractivity contribution is -0.110. The van der Waals surface area contributed by atoms with Gasteiger partial charge in [0.05, 0.1) is 29.1 Å². The number of hydrogen-bond acceptors (Lipinski definition) is 6. The molecule has 3 aromatic carbocycles. The lowest BCUT2D eigenvalue weighted by Crippen LogP contribution is -2.38. The Labute approximate surface area is 227 Å². The van der Waals surface area contributed by atoms with Gasteiger partial charge in [0.25, 0.3) is 11.8 Å². The number of amides is 2. The summed E-state index contributed by atoms with van der Waals surface area (Å²) in [4.78, 5) is 41.5. The summed E-state index contributed by atoms with van der Waals surface area (Å²) in [6.45, 7) is 3.00. The summed E-state index contributed by atoms with van der Waals surface area (Å²) in [6.07, 6.45) is 0. The Morgan fingerprint density at radius 3 is 2.23 bits per heavy atom. The van der Waals surface area contributed by atoms with Crippen LogP contribution in [0, 0.1) is 6.92 Å². The molecule has 0 bridgehead atoms. The van der Waals surface area contributed by atoms with Gasteiger partial charge in [0.1, 0.15) is 0 Å². The Kier molecular flexibility index (Phi) is 8.43. The van der Waals surface area contributed by atoms with Gasteiger partial charge in [-0.1, -0.05) is 30.3 Å². The third kappa shape index (κ3) is 6.17. The number of carboxylic acids is 1. The van der Waals surface area contributed by atoms with Gasteiger partial charge in [-0.2, -0.15) is 0 Å². The van der Waals surface area contributed by atoms with Crippen molar-refractivity contribution in [3.05, 3.63) is 94.5 Å². The second kappa shape index (κ2) is 11.9. The van der Waals surface area contributed by atoms with Gasteiger partial charge in [-0.3, -0.25) is 9.59 Å². The fourth-order valence-corrected chi connectivity index (χ4v) is 4.47. The van der Waals surface area contributed by atoms with Crippen molar-refractivity contribution in [3.63, 3.8) is 0 Å². The quantitative estimate of drug-likeness (QED) is 0.297. The number of rotatable bonds is 10. The molecule has 0 aromatic heterocycles. The molecule has 0 spiro atoms. The van der Waals surface area contributed by atoms with Gasteiger partial charge in [0.2, 0.25) is 0 Å². The Balaban J connectivity index is 1.70. The number of nitrogens with zero attached hydrogens (tertiary/aromatic N) is 2. The van der Waals surface area contributed by atoms with Crippen molar-refractivity contribution in [1.82, 2.24) is 9.80 Å². The minimum atomic E-state index is -1.06. The van der Waals surface area contributed by atoms with Crippen LogP contribution < -0.4 is 10.6 Å². The number of likely N-dealkylation sites (N-methyl/N-ethyl adjacent to an activating group) is 1. The molecule has 0 fully saturated rings. The van der Waals surface area contributed by atoms with E-state index in [1.165, 1.54) is 6.07 Å². The van der Waals surface area contributed by atoms with Crippen LogP contribution >= 0.6 is 0 Å². The highest BCUT2D eigenvalue weighted by Crippen LogP contribution is 2.39. The fraction of sp³-hybridized carbons (Fsp3) is 0.233. The first-order valence-corrected chi connectivity index (χ1v) is 12.6. The third-order valence-electron chi connectivity index (χ3n) is 6.53. The van der Waals surface area contributed by atoms with Crippen molar-refractivity contribution in [2.24, 2.45) is 0 Å². The molecule has 0 aliphatic carbocycles. The normalized spacial score (nSPS) is 13.6. The number of benzene rings is 3. The average molecular weight is 529 g/mol. The van der Waals surface area contributed by atoms with E-state index in [1.807, 2.05) is 49.3 Å². The van der Waals surface area contributed by atoms with Gasteiger partial charge in [0, 0.05) is 36.4 Å². The number of aliphatic hydroxyl groups is 1. The number of aromatic carboxylic acids is 1. The SMILES string of the molecule is Cc1cc2c(cc1C(=O)O)NC(=O)/C2=C(/Nc1ccc(C(=O)N(CCO)CCN(C)C)cc1)c1ccccc1. The van der Waals surface area contributed by atoms with Crippen LogP contribution in [0.1, 0.15) is 37.4 Å². The first-order chi connectivity index (χ1) is 18.7. The first-order valence-electron chi connectivity index (χ1n) is 12.6. The number of carbonyl (C=O) groups is 3. The summed E-state index contributed by atoms with van der Waals surface area (Å²) in [7, 11) is 3.85. The van der Waals surface area contributed by atoms with Crippen LogP contribution in [0.25, 0.3) is 11.3 Å². The second-order valence-corrected chi connectivity index (χ2v) is 9.61. The van der Waals surface area contributed by atoms with Crippen molar-refractivity contribution in [2.75, 3.05) is 51.0 Å². The molecule has 4 rings (SSSR count). The van der Waals surface area contributed by atoms with Gasteiger partial charge in [-0.25, -0.2) is 4.79 Å². The summed E-state index contributed by atoms with van der Waals surface area (Å²) >= 11 is 0. The second-order valence-electron chi connectivity index (χ2n) is 9.61. The fourth-order valence-electron chi connectivity index (χ4n) is 4.47. The molecule has 9 nitrogen and oxygen atoms in total. The van der Waals surface area contributed by atoms with Crippen LogP contribution in [-0.4, -0.2) is 78.1 Å². The minimum absolute atomic E-state index is 0.121. The number of fused-ring (bicyclic) bond motifs is 1. The van der Waals surface area contributed by atoms with E-state index in [1.54, 1.807) is 42.2 Å². The van der Waals surface area contributed by atoms with Crippen molar-refractivity contribution in [2.45, 2.75) is 6.92 Å². The van der Waals surface area contributed by atoms with Gasteiger partial charge in [-0.15, -0.1) is 0 Å². The Bertz CT molecular complexity index is 1420. The van der Waals surface area contributed by atoms with Crippen LogP contribution in [-0.2, 0) is 4.79 Å². The van der Waals surface area contributed by atoms with Crippen molar-refractivity contribution < 1.29 is 24.6 Å². The smallest absolute Gasteiger partial charge is 0.336 e. The summed E-state index contributed by atoms with van der Waals surface area (Å²) in [5.74, 6) is -1.57. The maximum atomic E-state index is 13.2. The molecule has 0 radical (unpaired) electrons. The molecular formula is C30H32N4O5. The van der Waals surface area contributed by atoms with E-state index < -0.39 is 5.97 Å². The molecule has 0 saturated carbocycles. The zero-order valence-electron chi connectivity index (χ0n) is 22.2. The summed E-state index contributed by atoms with van der Waals surface area (Å²) in [5, 5.41) is 25.1. The third-order valence-corrected chi connectivity index (χ3v) is 6.53. The van der Waals surface area contributed by atoms with E-state index in [4.69, 9.17) is 0 Å². The molecule has 1 aliphatic rings. The first kappa shape index (κ1) is 27.6. The van der Waals surface area contributed by atoms with Crippen molar-refractivity contribution in [3.8, 4) is 0 Å². The van der Waals surface area contributed by atoms with Crippen LogP contribution in [0.4, 0.5) is 11.4 Å². The van der Waals surface area contributed by atoms with Gasteiger partial charge >= 0.3 is 5.97 Å². The molecule has 1 heterocycles. The topological polar surface area (TPSA) is 122 Å². The standard InChI is InChI=1S/C30H32N4O5/c1-19-17-24-25(18-23(19)30(38)39)32-28(36)26(24)27(20-7-5-4-6-8-20)31-22-11-9-21(10-12-22)29(37)34(15-16-35)14-13-33(2)3/h4-12,17-18,31,35H,13-16H2,1-3H3,(H,32,36)(H,38,39)/b27-26+. The Morgan fingerprint density at radius 2 is 1.62 bits per heavy atom. The van der Waals surface area contributed by atoms with Crippen molar-refractivity contribution >= 4 is 40.4 Å². The van der Waals surface area contributed by atoms with E-state index >= 15 is 0 Å². The molecular weight excluding hydrogens is 496 g/mol. The Hall–Kier alpha value is -4.47. The van der Waals surface area contributed by atoms with E-state index in [0.29, 0.717) is 52.4 Å². The van der Waals surface area contributed by atoms with Crippen LogP contribution in [0.2, 0.25) is 0 Å². The highest BCUT2D eigenvalue weighted by Gasteiger charge is 2.30. The largest absolute Gasteiger partial charge is 0.478 e. The minimum Gasteiger partial charge on any atom is -0.478 e. The molecule has 0 unspecified atom stereocenters. The van der Waals surface area contributed by atoms with E-state index in [0.717, 1.165) is 5.56 Å². The van der Waals surface area contributed by atoms with E-state index in [-0.39, 0.29) is 30.5 Å². The molecule has 0 saturated heterocycles. The number of aryl methyl sites for hydroxylation is 1. The molecule has 202 valence electrons. The Morgan fingerprint density at radius 1 is 0.923 bits per heavy atom. The number of hydrogen-bond donors (Lipinski definition) is 4. The van der Waals surface area contributed by atoms with Gasteiger partial charge in [-0.05, 0) is 68.5 Å². The maximum Gasteiger partial charge on any atom is 0.336 e. The van der Waals surface area contributed by atoms with Gasteiger partial charge in [0.15, 0.2) is 0 Å². The lowest BCUT2D eigenvalue weighted by Gasteiger charge is -2.24. The number of anilines is 2. The number of aliphatic hydroxyl groups excluding tert-OH is 1. The van der Waals surface area contributed by atoms with Crippen LogP contribution in [0.15, 0.2) is 66.7 Å². The number of carboxylic acid groups (broad SMARTS) is 1. The van der Waals surface area contributed by atoms with Gasteiger partial charge < -0.3 is 30.6 Å². The summed E-state index contributed by atoms with van der Waals surface area (Å²) in [6, 6.07) is 19.5. The monoisotopic (exact) mass is 528 g/mol. The van der Waals surface area contributed by atoms with E-state index in [9.17, 15) is 24.6 Å². The number of nitrogens with one attached hydrogen (secondary N) is 2.